The van der Waals surface area contributed by atoms with Crippen LogP contribution in [0.4, 0.5) is 5.82 Å². The molecule has 0 saturated carbocycles. The van der Waals surface area contributed by atoms with Gasteiger partial charge in [-0.1, -0.05) is 20.8 Å². The van der Waals surface area contributed by atoms with Crippen molar-refractivity contribution in [2.45, 2.75) is 33.1 Å². The predicted octanol–water partition coefficient (Wildman–Crippen LogP) is 3.80. The van der Waals surface area contributed by atoms with Crippen molar-refractivity contribution in [1.82, 2.24) is 9.97 Å². The fourth-order valence-corrected chi connectivity index (χ4v) is 2.10. The average Bonchev–Trinajstić information content (AvgIpc) is 2.45. The highest BCUT2D eigenvalue weighted by Gasteiger charge is 2.19. The van der Waals surface area contributed by atoms with Crippen LogP contribution in [0.5, 0.6) is 5.75 Å². The van der Waals surface area contributed by atoms with Crippen molar-refractivity contribution in [3.63, 3.8) is 0 Å². The minimum absolute atomic E-state index is 0.0953. The van der Waals surface area contributed by atoms with Gasteiger partial charge >= 0.3 is 0 Å². The minimum Gasteiger partial charge on any atom is -0.497 e. The van der Waals surface area contributed by atoms with E-state index in [1.54, 1.807) is 7.11 Å². The third kappa shape index (κ3) is 3.32. The van der Waals surface area contributed by atoms with Crippen LogP contribution in [0.3, 0.4) is 0 Å². The number of rotatable bonds is 3. The lowest BCUT2D eigenvalue weighted by Gasteiger charge is -2.19. The maximum Gasteiger partial charge on any atom is 0.136 e. The van der Waals surface area contributed by atoms with E-state index in [1.165, 1.54) is 0 Å². The number of anilines is 1. The Kier molecular flexibility index (Phi) is 4.16. The van der Waals surface area contributed by atoms with E-state index < -0.39 is 0 Å². The Hall–Kier alpha value is -2.10. The molecule has 0 spiro atoms. The summed E-state index contributed by atoms with van der Waals surface area (Å²) in [7, 11) is 3.55. The van der Waals surface area contributed by atoms with Gasteiger partial charge in [-0.05, 0) is 30.7 Å². The number of nitrogens with zero attached hydrogens (tertiary/aromatic N) is 2. The maximum atomic E-state index is 5.26. The summed E-state index contributed by atoms with van der Waals surface area (Å²) >= 11 is 0. The fourth-order valence-electron chi connectivity index (χ4n) is 2.10. The van der Waals surface area contributed by atoms with Gasteiger partial charge in [-0.3, -0.25) is 0 Å². The van der Waals surface area contributed by atoms with E-state index in [9.17, 15) is 0 Å². The van der Waals surface area contributed by atoms with Crippen LogP contribution in [0.1, 0.15) is 32.2 Å². The number of benzene rings is 1. The number of hydrogen-bond acceptors (Lipinski definition) is 4. The summed E-state index contributed by atoms with van der Waals surface area (Å²) in [6.45, 7) is 8.42. The molecule has 0 fully saturated rings. The zero-order valence-corrected chi connectivity index (χ0v) is 13.6. The molecule has 0 saturated heterocycles. The summed E-state index contributed by atoms with van der Waals surface area (Å²) in [5.41, 5.74) is 3.07. The van der Waals surface area contributed by atoms with Gasteiger partial charge < -0.3 is 10.1 Å². The second kappa shape index (κ2) is 5.72. The summed E-state index contributed by atoms with van der Waals surface area (Å²) < 4.78 is 5.26. The minimum atomic E-state index is -0.0953. The van der Waals surface area contributed by atoms with Crippen molar-refractivity contribution in [1.29, 1.82) is 0 Å². The van der Waals surface area contributed by atoms with Crippen LogP contribution >= 0.6 is 0 Å². The van der Waals surface area contributed by atoms with Gasteiger partial charge in [0.2, 0.25) is 0 Å². The maximum absolute atomic E-state index is 5.26. The van der Waals surface area contributed by atoms with Gasteiger partial charge in [-0.25, -0.2) is 9.97 Å². The Morgan fingerprint density at radius 2 is 1.81 bits per heavy atom. The lowest BCUT2D eigenvalue weighted by atomic mass is 9.95. The van der Waals surface area contributed by atoms with E-state index in [0.717, 1.165) is 34.2 Å². The van der Waals surface area contributed by atoms with Gasteiger partial charge in [0.15, 0.2) is 0 Å². The standard InChI is InChI=1S/C17H23N3O/c1-11-9-12(21-6)7-8-13(11)14-10-15(18-5)20-16(19-14)17(2,3)4/h7-10H,1-6H3,(H,18,19,20). The molecule has 2 aromatic rings. The molecule has 21 heavy (non-hydrogen) atoms. The van der Waals surface area contributed by atoms with Crippen LogP contribution < -0.4 is 10.1 Å². The Labute approximate surface area is 126 Å². The number of methoxy groups -OCH3 is 1. The van der Waals surface area contributed by atoms with Gasteiger partial charge in [-0.2, -0.15) is 0 Å². The van der Waals surface area contributed by atoms with Crippen molar-refractivity contribution < 1.29 is 4.74 Å². The Bertz CT molecular complexity index is 645. The first-order valence-corrected chi connectivity index (χ1v) is 7.07. The smallest absolute Gasteiger partial charge is 0.136 e. The molecule has 1 aromatic carbocycles. The van der Waals surface area contributed by atoms with Crippen LogP contribution in [-0.2, 0) is 5.41 Å². The molecule has 0 bridgehead atoms. The molecule has 0 radical (unpaired) electrons. The molecule has 2 rings (SSSR count). The molecule has 4 heteroatoms. The Morgan fingerprint density at radius 1 is 1.10 bits per heavy atom. The first-order valence-electron chi connectivity index (χ1n) is 7.07. The number of hydrogen-bond donors (Lipinski definition) is 1. The van der Waals surface area contributed by atoms with E-state index in [4.69, 9.17) is 9.72 Å². The lowest BCUT2D eigenvalue weighted by molar-refractivity contribution is 0.414. The van der Waals surface area contributed by atoms with Gasteiger partial charge in [-0.15, -0.1) is 0 Å². The van der Waals surface area contributed by atoms with Gasteiger partial charge in [0.05, 0.1) is 12.8 Å². The number of nitrogens with one attached hydrogen (secondary N) is 1. The molecule has 1 aromatic heterocycles. The third-order valence-electron chi connectivity index (χ3n) is 3.36. The van der Waals surface area contributed by atoms with Crippen LogP contribution in [0.25, 0.3) is 11.3 Å². The number of ether oxygens (including phenoxy) is 1. The molecule has 0 atom stereocenters. The summed E-state index contributed by atoms with van der Waals surface area (Å²) in [6.07, 6.45) is 0. The van der Waals surface area contributed by atoms with Gasteiger partial charge in [0.1, 0.15) is 17.4 Å². The monoisotopic (exact) mass is 285 g/mol. The highest BCUT2D eigenvalue weighted by molar-refractivity contribution is 5.67. The van der Waals surface area contributed by atoms with Crippen LogP contribution in [0, 0.1) is 6.92 Å². The van der Waals surface area contributed by atoms with Crippen molar-refractivity contribution in [3.8, 4) is 17.0 Å². The van der Waals surface area contributed by atoms with Crippen LogP contribution in [0.15, 0.2) is 24.3 Å². The molecular formula is C17H23N3O. The molecule has 1 N–H and O–H groups in total. The zero-order chi connectivity index (χ0) is 15.6. The largest absolute Gasteiger partial charge is 0.497 e. The molecule has 0 aliphatic rings. The molecule has 4 nitrogen and oxygen atoms in total. The molecule has 0 unspecified atom stereocenters. The molecule has 0 amide bonds. The van der Waals surface area contributed by atoms with Gasteiger partial charge in [0.25, 0.3) is 0 Å². The quantitative estimate of drug-likeness (QED) is 0.931. The van der Waals surface area contributed by atoms with Crippen molar-refractivity contribution in [3.05, 3.63) is 35.7 Å². The van der Waals surface area contributed by atoms with Crippen molar-refractivity contribution in [2.75, 3.05) is 19.5 Å². The van der Waals surface area contributed by atoms with Crippen LogP contribution in [-0.4, -0.2) is 24.1 Å². The molecule has 112 valence electrons. The molecule has 0 aliphatic carbocycles. The summed E-state index contributed by atoms with van der Waals surface area (Å²) in [5, 5.41) is 3.12. The summed E-state index contributed by atoms with van der Waals surface area (Å²) in [5.74, 6) is 2.52. The third-order valence-corrected chi connectivity index (χ3v) is 3.36. The Balaban J connectivity index is 2.58. The second-order valence-electron chi connectivity index (χ2n) is 6.14. The lowest BCUT2D eigenvalue weighted by Crippen LogP contribution is -2.17. The Morgan fingerprint density at radius 3 is 2.33 bits per heavy atom. The van der Waals surface area contributed by atoms with Crippen molar-refractivity contribution in [2.24, 2.45) is 0 Å². The predicted molar refractivity (Wildman–Crippen MR) is 87.0 cm³/mol. The van der Waals surface area contributed by atoms with E-state index >= 15 is 0 Å². The first kappa shape index (κ1) is 15.3. The zero-order valence-electron chi connectivity index (χ0n) is 13.6. The highest BCUT2D eigenvalue weighted by Crippen LogP contribution is 2.29. The average molecular weight is 285 g/mol. The molecular weight excluding hydrogens is 262 g/mol. The fraction of sp³-hybridized carbons (Fsp3) is 0.412. The first-order chi connectivity index (χ1) is 9.85. The van der Waals surface area contributed by atoms with Gasteiger partial charge in [0, 0.05) is 24.1 Å². The SMILES string of the molecule is CNc1cc(-c2ccc(OC)cc2C)nc(C(C)(C)C)n1. The topological polar surface area (TPSA) is 47.0 Å². The number of aromatic nitrogens is 2. The second-order valence-corrected chi connectivity index (χ2v) is 6.14. The van der Waals surface area contributed by atoms with Crippen molar-refractivity contribution >= 4 is 5.82 Å². The van der Waals surface area contributed by atoms with E-state index in [0.29, 0.717) is 0 Å². The summed E-state index contributed by atoms with van der Waals surface area (Å²) in [4.78, 5) is 9.31. The van der Waals surface area contributed by atoms with E-state index in [-0.39, 0.29) is 5.41 Å². The normalized spacial score (nSPS) is 11.3. The van der Waals surface area contributed by atoms with Crippen LogP contribution in [0.2, 0.25) is 0 Å². The molecule has 1 heterocycles. The summed E-state index contributed by atoms with van der Waals surface area (Å²) in [6, 6.07) is 8.00. The molecule has 0 aliphatic heterocycles. The van der Waals surface area contributed by atoms with E-state index in [1.807, 2.05) is 31.3 Å². The highest BCUT2D eigenvalue weighted by atomic mass is 16.5. The van der Waals surface area contributed by atoms with E-state index in [2.05, 4.69) is 38.0 Å². The number of aryl methyl sites for hydroxylation is 1.